The number of nitrogens with one attached hydrogen (secondary N) is 1. The average molecular weight is 256 g/mol. The van der Waals surface area contributed by atoms with Crippen molar-refractivity contribution < 1.29 is 19.4 Å². The summed E-state index contributed by atoms with van der Waals surface area (Å²) in [4.78, 5) is 23.6. The van der Waals surface area contributed by atoms with Crippen LogP contribution in [-0.2, 0) is 9.53 Å². The highest BCUT2D eigenvalue weighted by molar-refractivity contribution is 5.80. The van der Waals surface area contributed by atoms with Crippen molar-refractivity contribution in [1.29, 1.82) is 0 Å². The number of aliphatic carboxylic acids is 1. The molecular formula is C12H20N2O4. The second-order valence-corrected chi connectivity index (χ2v) is 4.62. The maximum Gasteiger partial charge on any atom is 0.323 e. The summed E-state index contributed by atoms with van der Waals surface area (Å²) in [6.45, 7) is 6.40. The lowest BCUT2D eigenvalue weighted by Crippen LogP contribution is -2.47. The lowest BCUT2D eigenvalue weighted by Gasteiger charge is -2.26. The van der Waals surface area contributed by atoms with Crippen molar-refractivity contribution in [3.8, 4) is 0 Å². The van der Waals surface area contributed by atoms with Gasteiger partial charge >= 0.3 is 12.0 Å². The van der Waals surface area contributed by atoms with Crippen molar-refractivity contribution in [2.24, 2.45) is 0 Å². The van der Waals surface area contributed by atoms with Crippen LogP contribution in [0.5, 0.6) is 0 Å². The Labute approximate surface area is 107 Å². The maximum atomic E-state index is 11.8. The number of rotatable bonds is 6. The number of nitrogens with zero attached hydrogens (tertiary/aromatic N) is 1. The van der Waals surface area contributed by atoms with Crippen LogP contribution in [0.4, 0.5) is 4.79 Å². The SMILES string of the molecule is C=CCN(CC(=O)O)C(=O)NCC1(C)CCCO1. The van der Waals surface area contributed by atoms with Gasteiger partial charge in [0.25, 0.3) is 0 Å². The molecule has 0 spiro atoms. The molecule has 0 saturated carbocycles. The fraction of sp³-hybridized carbons (Fsp3) is 0.667. The molecule has 1 unspecified atom stereocenters. The van der Waals surface area contributed by atoms with Crippen LogP contribution in [0.15, 0.2) is 12.7 Å². The van der Waals surface area contributed by atoms with Gasteiger partial charge in [0.1, 0.15) is 6.54 Å². The van der Waals surface area contributed by atoms with Crippen molar-refractivity contribution in [3.05, 3.63) is 12.7 Å². The van der Waals surface area contributed by atoms with Crippen LogP contribution in [0.2, 0.25) is 0 Å². The molecule has 1 rings (SSSR count). The molecule has 6 nitrogen and oxygen atoms in total. The van der Waals surface area contributed by atoms with Gasteiger partial charge in [-0.25, -0.2) is 4.79 Å². The molecule has 0 aromatic carbocycles. The van der Waals surface area contributed by atoms with Crippen molar-refractivity contribution in [1.82, 2.24) is 10.2 Å². The van der Waals surface area contributed by atoms with Crippen molar-refractivity contribution in [3.63, 3.8) is 0 Å². The standard InChI is InChI=1S/C12H20N2O4/c1-3-6-14(8-10(15)16)11(17)13-9-12(2)5-4-7-18-12/h3H,1,4-9H2,2H3,(H,13,17)(H,15,16). The van der Waals surface area contributed by atoms with Gasteiger partial charge in [0, 0.05) is 19.7 Å². The summed E-state index contributed by atoms with van der Waals surface area (Å²) in [6, 6.07) is -0.408. The van der Waals surface area contributed by atoms with E-state index in [0.29, 0.717) is 13.2 Å². The van der Waals surface area contributed by atoms with Gasteiger partial charge < -0.3 is 20.1 Å². The smallest absolute Gasteiger partial charge is 0.323 e. The first kappa shape index (κ1) is 14.5. The zero-order valence-corrected chi connectivity index (χ0v) is 10.6. The minimum Gasteiger partial charge on any atom is -0.480 e. The molecule has 1 aliphatic heterocycles. The molecule has 102 valence electrons. The van der Waals surface area contributed by atoms with Crippen LogP contribution in [0.25, 0.3) is 0 Å². The van der Waals surface area contributed by atoms with E-state index < -0.39 is 12.0 Å². The highest BCUT2D eigenvalue weighted by atomic mass is 16.5. The van der Waals surface area contributed by atoms with Gasteiger partial charge in [-0.3, -0.25) is 4.79 Å². The van der Waals surface area contributed by atoms with Crippen LogP contribution in [-0.4, -0.2) is 53.8 Å². The Bertz CT molecular complexity index is 324. The molecule has 0 aromatic heterocycles. The number of carbonyl (C=O) groups excluding carboxylic acids is 1. The predicted octanol–water partition coefficient (Wildman–Crippen LogP) is 0.838. The van der Waals surface area contributed by atoms with Gasteiger partial charge in [0.05, 0.1) is 5.60 Å². The molecule has 1 aliphatic rings. The summed E-state index contributed by atoms with van der Waals surface area (Å²) in [7, 11) is 0. The Hall–Kier alpha value is -1.56. The monoisotopic (exact) mass is 256 g/mol. The number of carboxylic acid groups (broad SMARTS) is 1. The van der Waals surface area contributed by atoms with Crippen LogP contribution in [0.1, 0.15) is 19.8 Å². The first-order chi connectivity index (χ1) is 8.47. The zero-order valence-electron chi connectivity index (χ0n) is 10.6. The highest BCUT2D eigenvalue weighted by Crippen LogP contribution is 2.23. The third kappa shape index (κ3) is 4.37. The maximum absolute atomic E-state index is 11.8. The molecule has 1 fully saturated rings. The third-order valence-corrected chi connectivity index (χ3v) is 2.88. The number of amides is 2. The van der Waals surface area contributed by atoms with Gasteiger partial charge in [0.2, 0.25) is 0 Å². The van der Waals surface area contributed by atoms with Crippen molar-refractivity contribution in [2.75, 3.05) is 26.2 Å². The normalized spacial score (nSPS) is 22.5. The van der Waals surface area contributed by atoms with Gasteiger partial charge in [-0.05, 0) is 19.8 Å². The number of carboxylic acids is 1. The third-order valence-electron chi connectivity index (χ3n) is 2.88. The quantitative estimate of drug-likeness (QED) is 0.690. The minimum atomic E-state index is -1.05. The second kappa shape index (κ2) is 6.39. The molecule has 1 atom stereocenters. The summed E-state index contributed by atoms with van der Waals surface area (Å²) in [5.41, 5.74) is -0.335. The van der Waals surface area contributed by atoms with Crippen molar-refractivity contribution >= 4 is 12.0 Å². The summed E-state index contributed by atoms with van der Waals surface area (Å²) in [6.07, 6.45) is 3.38. The number of carbonyl (C=O) groups is 2. The van der Waals surface area contributed by atoms with E-state index in [-0.39, 0.29) is 18.7 Å². The van der Waals surface area contributed by atoms with Gasteiger partial charge in [0.15, 0.2) is 0 Å². The molecule has 1 heterocycles. The molecule has 2 amide bonds. The van der Waals surface area contributed by atoms with Crippen LogP contribution < -0.4 is 5.32 Å². The second-order valence-electron chi connectivity index (χ2n) is 4.62. The van der Waals surface area contributed by atoms with Crippen LogP contribution >= 0.6 is 0 Å². The fourth-order valence-corrected chi connectivity index (χ4v) is 1.89. The first-order valence-electron chi connectivity index (χ1n) is 5.96. The highest BCUT2D eigenvalue weighted by Gasteiger charge is 2.30. The number of ether oxygens (including phenoxy) is 1. The Morgan fingerprint density at radius 3 is 2.83 bits per heavy atom. The Morgan fingerprint density at radius 2 is 2.33 bits per heavy atom. The van der Waals surface area contributed by atoms with Crippen LogP contribution in [0.3, 0.4) is 0 Å². The summed E-state index contributed by atoms with van der Waals surface area (Å²) in [5.74, 6) is -1.05. The number of hydrogen-bond donors (Lipinski definition) is 2. The van der Waals surface area contributed by atoms with E-state index in [1.165, 1.54) is 11.0 Å². The first-order valence-corrected chi connectivity index (χ1v) is 5.96. The number of urea groups is 1. The molecule has 18 heavy (non-hydrogen) atoms. The summed E-state index contributed by atoms with van der Waals surface area (Å²) >= 11 is 0. The largest absolute Gasteiger partial charge is 0.480 e. The minimum absolute atomic E-state index is 0.204. The molecule has 0 bridgehead atoms. The Balaban J connectivity index is 2.45. The van der Waals surface area contributed by atoms with Gasteiger partial charge in [-0.15, -0.1) is 6.58 Å². The molecular weight excluding hydrogens is 236 g/mol. The van der Waals surface area contributed by atoms with Crippen LogP contribution in [0, 0.1) is 0 Å². The van der Waals surface area contributed by atoms with Gasteiger partial charge in [-0.2, -0.15) is 0 Å². The van der Waals surface area contributed by atoms with E-state index in [2.05, 4.69) is 11.9 Å². The van der Waals surface area contributed by atoms with E-state index in [1.807, 2.05) is 6.92 Å². The van der Waals surface area contributed by atoms with E-state index in [9.17, 15) is 9.59 Å². The van der Waals surface area contributed by atoms with E-state index in [1.54, 1.807) is 0 Å². The van der Waals surface area contributed by atoms with E-state index in [0.717, 1.165) is 12.8 Å². The molecule has 0 aromatic rings. The topological polar surface area (TPSA) is 78.9 Å². The lowest BCUT2D eigenvalue weighted by atomic mass is 10.0. The number of hydrogen-bond acceptors (Lipinski definition) is 3. The Kier molecular flexibility index (Phi) is 5.15. The zero-order chi connectivity index (χ0) is 13.6. The average Bonchev–Trinajstić information content (AvgIpc) is 2.72. The molecule has 0 radical (unpaired) electrons. The fourth-order valence-electron chi connectivity index (χ4n) is 1.89. The molecule has 0 aliphatic carbocycles. The predicted molar refractivity (Wildman–Crippen MR) is 66.4 cm³/mol. The molecule has 2 N–H and O–H groups in total. The summed E-state index contributed by atoms with van der Waals surface area (Å²) < 4.78 is 5.54. The lowest BCUT2D eigenvalue weighted by molar-refractivity contribution is -0.137. The summed E-state index contributed by atoms with van der Waals surface area (Å²) in [5, 5.41) is 11.4. The van der Waals surface area contributed by atoms with Crippen molar-refractivity contribution in [2.45, 2.75) is 25.4 Å². The molecule has 6 heteroatoms. The Morgan fingerprint density at radius 1 is 1.61 bits per heavy atom. The molecule has 1 saturated heterocycles. The van der Waals surface area contributed by atoms with Gasteiger partial charge in [-0.1, -0.05) is 6.08 Å². The van der Waals surface area contributed by atoms with E-state index >= 15 is 0 Å². The van der Waals surface area contributed by atoms with E-state index in [4.69, 9.17) is 9.84 Å².